The number of aromatic carboxylic acids is 2. The molecule has 0 aliphatic heterocycles. The predicted molar refractivity (Wildman–Crippen MR) is 53.2 cm³/mol. The zero-order valence-corrected chi connectivity index (χ0v) is 12.2. The predicted octanol–water partition coefficient (Wildman–Crippen LogP) is -2.69. The molecule has 7 heteroatoms. The number of benzene rings is 1. The topological polar surface area (TPSA) is 132 Å². The first kappa shape index (κ1) is 18.1. The van der Waals surface area contributed by atoms with Gasteiger partial charge < -0.3 is 31.3 Å². The molecule has 0 aliphatic rings. The Hall–Kier alpha value is -1.30. The summed E-state index contributed by atoms with van der Waals surface area (Å²) in [4.78, 5) is 20.4. The smallest absolute Gasteiger partial charge is 0.545 e. The molecule has 88 valence electrons. The monoisotopic (exact) mass is 288 g/mol. The Bertz CT molecular complexity index is 319. The molecule has 6 nitrogen and oxygen atoms in total. The fraction of sp³-hybridized carbons (Fsp3) is 0.200. The van der Waals surface area contributed by atoms with Crippen LogP contribution in [0.3, 0.4) is 0 Å². The molecule has 0 fully saturated rings. The van der Waals surface area contributed by atoms with Gasteiger partial charge in [0.15, 0.2) is 0 Å². The maximum absolute atomic E-state index is 10.2. The van der Waals surface area contributed by atoms with Crippen molar-refractivity contribution in [1.82, 2.24) is 0 Å². The number of rotatable bonds is 3. The molecule has 0 atom stereocenters. The average molecular weight is 290 g/mol. The second kappa shape index (κ2) is 9.90. The minimum Gasteiger partial charge on any atom is -0.545 e. The molecule has 1 aromatic rings. The molecule has 0 aliphatic carbocycles. The van der Waals surface area contributed by atoms with Crippen LogP contribution in [0.4, 0.5) is 0 Å². The number of carboxylic acids is 2. The van der Waals surface area contributed by atoms with Crippen molar-refractivity contribution in [3.8, 4) is 0 Å². The van der Waals surface area contributed by atoms with Crippen LogP contribution in [0.1, 0.15) is 20.7 Å². The normalized spacial score (nSPS) is 8.35. The van der Waals surface area contributed by atoms with Crippen LogP contribution in [0, 0.1) is 0 Å². The van der Waals surface area contributed by atoms with E-state index >= 15 is 0 Å². The first-order chi connectivity index (χ1) is 7.52. The van der Waals surface area contributed by atoms with Crippen LogP contribution in [0.15, 0.2) is 24.3 Å². The van der Waals surface area contributed by atoms with Crippen molar-refractivity contribution in [1.29, 1.82) is 0 Å². The number of hydrogen-bond donors (Lipinski definition) is 2. The summed E-state index contributed by atoms with van der Waals surface area (Å²) in [6, 6.07) is 4.61. The Kier molecular flexibility index (Phi) is 10.5. The van der Waals surface area contributed by atoms with Gasteiger partial charge >= 0.3 is 19.5 Å². The summed E-state index contributed by atoms with van der Waals surface area (Å²) in [6.45, 7) is 1.19. The zero-order valence-electron chi connectivity index (χ0n) is 9.22. The fourth-order valence-electron chi connectivity index (χ4n) is 0.742. The Morgan fingerprint density at radius 1 is 0.882 bits per heavy atom. The van der Waals surface area contributed by atoms with Gasteiger partial charge in [-0.3, -0.25) is 0 Å². The first-order valence-electron chi connectivity index (χ1n) is 4.45. The number of carbonyl (C=O) groups excluding carboxylic acids is 2. The van der Waals surface area contributed by atoms with E-state index < -0.39 is 11.9 Å². The summed E-state index contributed by atoms with van der Waals surface area (Å²) in [5.74, 6) is -2.67. The summed E-state index contributed by atoms with van der Waals surface area (Å²) in [5.41, 5.74) is 9.69. The quantitative estimate of drug-likeness (QED) is 0.583. The van der Waals surface area contributed by atoms with Crippen LogP contribution in [0.5, 0.6) is 0 Å². The van der Waals surface area contributed by atoms with E-state index in [0.717, 1.165) is 24.3 Å². The third kappa shape index (κ3) is 7.57. The van der Waals surface area contributed by atoms with Crippen molar-refractivity contribution in [3.05, 3.63) is 35.4 Å². The summed E-state index contributed by atoms with van der Waals surface area (Å²) in [6.07, 6.45) is 0. The van der Waals surface area contributed by atoms with Gasteiger partial charge in [-0.15, -0.1) is 0 Å². The van der Waals surface area contributed by atoms with Crippen molar-refractivity contribution in [2.45, 2.75) is 0 Å². The minimum atomic E-state index is -1.33. The Morgan fingerprint density at radius 3 is 1.24 bits per heavy atom. The second-order valence-corrected chi connectivity index (χ2v) is 2.73. The van der Waals surface area contributed by atoms with Crippen molar-refractivity contribution in [2.24, 2.45) is 11.5 Å². The van der Waals surface area contributed by atoms with E-state index in [1.807, 2.05) is 0 Å². The van der Waals surface area contributed by atoms with E-state index in [9.17, 15) is 19.8 Å². The second-order valence-electron chi connectivity index (χ2n) is 2.73. The SMILES string of the molecule is NCCN.O=C([O-])c1ccc(C(=O)[O-])cc1.[Zn+2]. The maximum atomic E-state index is 10.2. The van der Waals surface area contributed by atoms with Gasteiger partial charge in [0.1, 0.15) is 0 Å². The van der Waals surface area contributed by atoms with E-state index in [2.05, 4.69) is 0 Å². The van der Waals surface area contributed by atoms with E-state index in [0.29, 0.717) is 13.1 Å². The fourth-order valence-corrected chi connectivity index (χ4v) is 0.742. The maximum Gasteiger partial charge on any atom is 2.00 e. The van der Waals surface area contributed by atoms with E-state index in [1.165, 1.54) is 0 Å². The van der Waals surface area contributed by atoms with Crippen LogP contribution in [0.25, 0.3) is 0 Å². The van der Waals surface area contributed by atoms with Gasteiger partial charge in [-0.25, -0.2) is 0 Å². The van der Waals surface area contributed by atoms with Crippen molar-refractivity contribution in [3.63, 3.8) is 0 Å². The molecule has 0 unspecified atom stereocenters. The van der Waals surface area contributed by atoms with Crippen molar-refractivity contribution in [2.75, 3.05) is 13.1 Å². The van der Waals surface area contributed by atoms with Crippen LogP contribution >= 0.6 is 0 Å². The number of carboxylic acid groups (broad SMARTS) is 2. The van der Waals surface area contributed by atoms with Crippen LogP contribution in [-0.2, 0) is 19.5 Å². The van der Waals surface area contributed by atoms with Crippen LogP contribution < -0.4 is 21.7 Å². The van der Waals surface area contributed by atoms with Gasteiger partial charge in [0.25, 0.3) is 0 Å². The minimum absolute atomic E-state index is 0. The third-order valence-corrected chi connectivity index (χ3v) is 1.52. The summed E-state index contributed by atoms with van der Waals surface area (Å²) in [5, 5.41) is 20.4. The standard InChI is InChI=1S/C8H6O4.C2H8N2.Zn/c9-7(10)5-1-2-6(4-3-5)8(11)12;3-1-2-4;/h1-4H,(H,9,10)(H,11,12);1-4H2;/q;;+2/p-2. The summed E-state index contributed by atoms with van der Waals surface area (Å²) < 4.78 is 0. The molecule has 0 aromatic heterocycles. The number of carbonyl (C=O) groups is 2. The van der Waals surface area contributed by atoms with Crippen molar-refractivity contribution >= 4 is 11.9 Å². The van der Waals surface area contributed by atoms with E-state index in [4.69, 9.17) is 11.5 Å². The molecule has 0 heterocycles. The Labute approximate surface area is 111 Å². The average Bonchev–Trinajstić information content (AvgIpc) is 2.29. The van der Waals surface area contributed by atoms with Gasteiger partial charge in [-0.1, -0.05) is 24.3 Å². The van der Waals surface area contributed by atoms with Gasteiger partial charge in [0, 0.05) is 13.1 Å². The molecular weight excluding hydrogens is 278 g/mol. The molecule has 0 saturated carbocycles. The van der Waals surface area contributed by atoms with Crippen molar-refractivity contribution < 1.29 is 39.3 Å². The molecule has 0 radical (unpaired) electrons. The summed E-state index contributed by atoms with van der Waals surface area (Å²) >= 11 is 0. The molecular formula is C10H12N2O4Zn. The number of nitrogens with two attached hydrogens (primary N) is 2. The zero-order chi connectivity index (χ0) is 12.6. The number of hydrogen-bond acceptors (Lipinski definition) is 6. The Morgan fingerprint density at radius 2 is 1.12 bits per heavy atom. The molecule has 0 spiro atoms. The molecule has 1 rings (SSSR count). The molecule has 1 aromatic carbocycles. The molecule has 0 bridgehead atoms. The van der Waals surface area contributed by atoms with E-state index in [-0.39, 0.29) is 30.6 Å². The van der Waals surface area contributed by atoms with Gasteiger partial charge in [0.05, 0.1) is 11.9 Å². The summed E-state index contributed by atoms with van der Waals surface area (Å²) in [7, 11) is 0. The van der Waals surface area contributed by atoms with Gasteiger partial charge in [0.2, 0.25) is 0 Å². The third-order valence-electron chi connectivity index (χ3n) is 1.52. The van der Waals surface area contributed by atoms with Gasteiger partial charge in [-0.05, 0) is 11.1 Å². The van der Waals surface area contributed by atoms with Crippen LogP contribution in [0.2, 0.25) is 0 Å². The molecule has 0 saturated heterocycles. The first-order valence-corrected chi connectivity index (χ1v) is 4.45. The van der Waals surface area contributed by atoms with Gasteiger partial charge in [-0.2, -0.15) is 0 Å². The molecule has 17 heavy (non-hydrogen) atoms. The molecule has 0 amide bonds. The largest absolute Gasteiger partial charge is 2.00 e. The van der Waals surface area contributed by atoms with Crippen LogP contribution in [-0.4, -0.2) is 25.0 Å². The Balaban J connectivity index is 0. The van der Waals surface area contributed by atoms with E-state index in [1.54, 1.807) is 0 Å². The molecule has 4 N–H and O–H groups in total.